The van der Waals surface area contributed by atoms with Crippen LogP contribution in [0, 0.1) is 10.8 Å². The van der Waals surface area contributed by atoms with Crippen LogP contribution in [0.5, 0.6) is 0 Å². The van der Waals surface area contributed by atoms with Gasteiger partial charge < -0.3 is 15.8 Å². The maximum Gasteiger partial charge on any atom is 0.0572 e. The Balaban J connectivity index is 2.75. The maximum absolute atomic E-state index is 5.82. The topological polar surface area (TPSA) is 47.3 Å². The smallest absolute Gasteiger partial charge is 0.0572 e. The van der Waals surface area contributed by atoms with Crippen LogP contribution in [0.2, 0.25) is 0 Å². The lowest BCUT2D eigenvalue weighted by atomic mass is 9.67. The molecule has 1 atom stereocenters. The molecule has 1 saturated heterocycles. The molecule has 0 amide bonds. The lowest BCUT2D eigenvalue weighted by Gasteiger charge is -2.51. The fourth-order valence-electron chi connectivity index (χ4n) is 2.42. The number of nitrogens with two attached hydrogens (primary N) is 1. The molecule has 1 aliphatic heterocycles. The second-order valence-electron chi connectivity index (χ2n) is 5.15. The molecule has 3 heteroatoms. The van der Waals surface area contributed by atoms with Crippen molar-refractivity contribution in [2.24, 2.45) is 16.6 Å². The molecule has 13 heavy (non-hydrogen) atoms. The molecule has 1 aliphatic rings. The van der Waals surface area contributed by atoms with Gasteiger partial charge in [0.25, 0.3) is 0 Å². The normalized spacial score (nSPS) is 23.8. The highest BCUT2D eigenvalue weighted by atomic mass is 16.5. The van der Waals surface area contributed by atoms with Gasteiger partial charge in [0.05, 0.1) is 13.2 Å². The number of hydrogen-bond acceptors (Lipinski definition) is 3. The van der Waals surface area contributed by atoms with Crippen molar-refractivity contribution in [3.8, 4) is 0 Å². The first kappa shape index (κ1) is 11.0. The van der Waals surface area contributed by atoms with E-state index in [-0.39, 0.29) is 10.8 Å². The van der Waals surface area contributed by atoms with E-state index in [1.165, 1.54) is 0 Å². The van der Waals surface area contributed by atoms with Crippen molar-refractivity contribution in [3.05, 3.63) is 0 Å². The van der Waals surface area contributed by atoms with Crippen LogP contribution in [0.3, 0.4) is 0 Å². The highest BCUT2D eigenvalue weighted by Gasteiger charge is 2.48. The van der Waals surface area contributed by atoms with Crippen LogP contribution in [0.15, 0.2) is 0 Å². The Labute approximate surface area is 81.0 Å². The summed E-state index contributed by atoms with van der Waals surface area (Å²) in [6.45, 7) is 9.02. The van der Waals surface area contributed by atoms with Crippen LogP contribution < -0.4 is 11.1 Å². The van der Waals surface area contributed by atoms with Gasteiger partial charge in [-0.2, -0.15) is 0 Å². The largest absolute Gasteiger partial charge is 0.380 e. The fraction of sp³-hybridized carbons (Fsp3) is 1.00. The maximum atomic E-state index is 5.82. The molecule has 3 nitrogen and oxygen atoms in total. The summed E-state index contributed by atoms with van der Waals surface area (Å²) in [4.78, 5) is 0. The Bertz CT molecular complexity index is 165. The summed E-state index contributed by atoms with van der Waals surface area (Å²) in [6.07, 6.45) is 0. The molecule has 1 unspecified atom stereocenters. The van der Waals surface area contributed by atoms with Gasteiger partial charge in [-0.15, -0.1) is 0 Å². The van der Waals surface area contributed by atoms with Gasteiger partial charge >= 0.3 is 0 Å². The average Bonchev–Trinajstić information content (AvgIpc) is 1.93. The second kappa shape index (κ2) is 3.56. The molecule has 0 aromatic heterocycles. The molecule has 1 fully saturated rings. The van der Waals surface area contributed by atoms with Gasteiger partial charge in [-0.1, -0.05) is 20.8 Å². The van der Waals surface area contributed by atoms with Gasteiger partial charge in [0.15, 0.2) is 0 Å². The minimum absolute atomic E-state index is 0.160. The Morgan fingerprint density at radius 3 is 2.08 bits per heavy atom. The van der Waals surface area contributed by atoms with E-state index < -0.39 is 0 Å². The van der Waals surface area contributed by atoms with E-state index in [9.17, 15) is 0 Å². The summed E-state index contributed by atoms with van der Waals surface area (Å²) < 4.78 is 5.29. The third kappa shape index (κ3) is 1.87. The molecule has 0 spiro atoms. The number of hydrogen-bond donors (Lipinski definition) is 2. The molecule has 1 heterocycles. The van der Waals surface area contributed by atoms with Crippen LogP contribution >= 0.6 is 0 Å². The van der Waals surface area contributed by atoms with Crippen LogP contribution in [-0.4, -0.2) is 32.8 Å². The molecule has 0 aromatic rings. The van der Waals surface area contributed by atoms with Crippen LogP contribution in [0.1, 0.15) is 20.8 Å². The summed E-state index contributed by atoms with van der Waals surface area (Å²) >= 11 is 0. The highest BCUT2D eigenvalue weighted by Crippen LogP contribution is 2.38. The fourth-order valence-corrected chi connectivity index (χ4v) is 2.42. The number of rotatable bonds is 3. The van der Waals surface area contributed by atoms with Gasteiger partial charge in [-0.05, 0) is 12.5 Å². The SMILES string of the molecule is CNC(C(C)(C)C)C1(CN)COC1. The molecule has 3 N–H and O–H groups in total. The Kier molecular flexibility index (Phi) is 3.00. The molecule has 78 valence electrons. The summed E-state index contributed by atoms with van der Waals surface area (Å²) in [7, 11) is 2.01. The quantitative estimate of drug-likeness (QED) is 0.678. The van der Waals surface area contributed by atoms with Crippen molar-refractivity contribution >= 4 is 0 Å². The van der Waals surface area contributed by atoms with Crippen LogP contribution in [0.25, 0.3) is 0 Å². The van der Waals surface area contributed by atoms with E-state index >= 15 is 0 Å². The highest BCUT2D eigenvalue weighted by molar-refractivity contribution is 5.01. The Morgan fingerprint density at radius 1 is 1.46 bits per heavy atom. The van der Waals surface area contributed by atoms with Crippen LogP contribution in [-0.2, 0) is 4.74 Å². The molecule has 0 aliphatic carbocycles. The average molecular weight is 186 g/mol. The van der Waals surface area contributed by atoms with Crippen LogP contribution in [0.4, 0.5) is 0 Å². The first-order valence-electron chi connectivity index (χ1n) is 4.91. The van der Waals surface area contributed by atoms with Gasteiger partial charge in [-0.3, -0.25) is 0 Å². The van der Waals surface area contributed by atoms with Gasteiger partial charge in [-0.25, -0.2) is 0 Å². The zero-order valence-corrected chi connectivity index (χ0v) is 9.18. The van der Waals surface area contributed by atoms with E-state index in [1.54, 1.807) is 0 Å². The lowest BCUT2D eigenvalue weighted by molar-refractivity contribution is -0.142. The Morgan fingerprint density at radius 2 is 2.00 bits per heavy atom. The molecule has 0 radical (unpaired) electrons. The third-order valence-corrected chi connectivity index (χ3v) is 2.95. The molecule has 0 bridgehead atoms. The zero-order valence-electron chi connectivity index (χ0n) is 9.18. The summed E-state index contributed by atoms with van der Waals surface area (Å²) in [5.41, 5.74) is 6.22. The molecular weight excluding hydrogens is 164 g/mol. The summed E-state index contributed by atoms with van der Waals surface area (Å²) in [6, 6.07) is 0.429. The van der Waals surface area contributed by atoms with E-state index in [1.807, 2.05) is 7.05 Å². The minimum Gasteiger partial charge on any atom is -0.380 e. The summed E-state index contributed by atoms with van der Waals surface area (Å²) in [5, 5.41) is 3.38. The van der Waals surface area contributed by atoms with Crippen molar-refractivity contribution < 1.29 is 4.74 Å². The number of ether oxygens (including phenoxy) is 1. The number of nitrogens with one attached hydrogen (secondary N) is 1. The molecular formula is C10H22N2O. The van der Waals surface area contributed by atoms with Gasteiger partial charge in [0, 0.05) is 18.0 Å². The molecule has 0 saturated carbocycles. The van der Waals surface area contributed by atoms with E-state index in [4.69, 9.17) is 10.5 Å². The Hall–Kier alpha value is -0.120. The minimum atomic E-state index is 0.160. The predicted octanol–water partition coefficient (Wildman–Crippen LogP) is 0.596. The third-order valence-electron chi connectivity index (χ3n) is 2.95. The molecule has 0 aromatic carbocycles. The van der Waals surface area contributed by atoms with E-state index in [0.717, 1.165) is 13.2 Å². The van der Waals surface area contributed by atoms with Crippen molar-refractivity contribution in [2.45, 2.75) is 26.8 Å². The van der Waals surface area contributed by atoms with E-state index in [2.05, 4.69) is 26.1 Å². The monoisotopic (exact) mass is 186 g/mol. The van der Waals surface area contributed by atoms with Crippen molar-refractivity contribution in [2.75, 3.05) is 26.8 Å². The molecule has 1 rings (SSSR count). The zero-order chi connectivity index (χ0) is 10.1. The summed E-state index contributed by atoms with van der Waals surface area (Å²) in [5.74, 6) is 0. The lowest BCUT2D eigenvalue weighted by Crippen LogP contribution is -2.64. The standard InChI is InChI=1S/C10H22N2O/c1-9(2,3)8(12-4)10(5-11)6-13-7-10/h8,12H,5-7,11H2,1-4H3. The van der Waals surface area contributed by atoms with Crippen molar-refractivity contribution in [1.82, 2.24) is 5.32 Å². The van der Waals surface area contributed by atoms with Crippen molar-refractivity contribution in [1.29, 1.82) is 0 Å². The van der Waals surface area contributed by atoms with E-state index in [0.29, 0.717) is 12.6 Å². The first-order valence-corrected chi connectivity index (χ1v) is 4.91. The second-order valence-corrected chi connectivity index (χ2v) is 5.15. The van der Waals surface area contributed by atoms with Gasteiger partial charge in [0.1, 0.15) is 0 Å². The predicted molar refractivity (Wildman–Crippen MR) is 54.6 cm³/mol. The van der Waals surface area contributed by atoms with Gasteiger partial charge in [0.2, 0.25) is 0 Å². The van der Waals surface area contributed by atoms with Crippen molar-refractivity contribution in [3.63, 3.8) is 0 Å². The first-order chi connectivity index (χ1) is 5.96.